The van der Waals surface area contributed by atoms with Crippen LogP contribution in [-0.2, 0) is 10.8 Å². The van der Waals surface area contributed by atoms with E-state index in [1.165, 1.54) is 0 Å². The van der Waals surface area contributed by atoms with E-state index in [9.17, 15) is 13.2 Å². The molecule has 102 valence electrons. The van der Waals surface area contributed by atoms with E-state index in [4.69, 9.17) is 58.0 Å². The van der Waals surface area contributed by atoms with Crippen LogP contribution < -0.4 is 0 Å². The summed E-state index contributed by atoms with van der Waals surface area (Å²) in [7, 11) is 0. The predicted molar refractivity (Wildman–Crippen MR) is 69.9 cm³/mol. The van der Waals surface area contributed by atoms with Gasteiger partial charge in [-0.05, 0) is 0 Å². The molecule has 0 saturated heterocycles. The Morgan fingerprint density at radius 1 is 0.833 bits per heavy atom. The molecule has 0 unspecified atom stereocenters. The molecule has 0 bridgehead atoms. The van der Waals surface area contributed by atoms with Crippen LogP contribution in [0.3, 0.4) is 0 Å². The smallest absolute Gasteiger partial charge is 0.303 e. The summed E-state index contributed by atoms with van der Waals surface area (Å²) in [5.74, 6) is 0. The average molecular weight is 380 g/mol. The standard InChI is InChI=1S/C8H2Cl5F3OS/c9-3-2(1-17-18-8(14,15)16)4(10)6(12)7(13)5(3)11/h1H2. The number of hydrogen-bond donors (Lipinski definition) is 0. The van der Waals surface area contributed by atoms with Crippen molar-refractivity contribution in [3.8, 4) is 0 Å². The molecule has 18 heavy (non-hydrogen) atoms. The van der Waals surface area contributed by atoms with E-state index in [1.54, 1.807) is 0 Å². The Kier molecular flexibility index (Phi) is 6.06. The highest BCUT2D eigenvalue weighted by Crippen LogP contribution is 2.44. The fourth-order valence-electron chi connectivity index (χ4n) is 0.932. The Balaban J connectivity index is 2.96. The second-order valence-corrected chi connectivity index (χ2v) is 5.59. The first-order chi connectivity index (χ1) is 8.15. The highest BCUT2D eigenvalue weighted by molar-refractivity contribution is 7.95. The maximum absolute atomic E-state index is 11.9. The van der Waals surface area contributed by atoms with E-state index < -0.39 is 24.2 Å². The van der Waals surface area contributed by atoms with Crippen molar-refractivity contribution < 1.29 is 17.4 Å². The molecule has 0 saturated carbocycles. The van der Waals surface area contributed by atoms with Gasteiger partial charge in [0, 0.05) is 5.56 Å². The maximum Gasteiger partial charge on any atom is 0.467 e. The van der Waals surface area contributed by atoms with Crippen LogP contribution in [0, 0.1) is 0 Å². The molecule has 0 aliphatic heterocycles. The fraction of sp³-hybridized carbons (Fsp3) is 0.250. The first kappa shape index (κ1) is 16.8. The van der Waals surface area contributed by atoms with Crippen molar-refractivity contribution in [3.63, 3.8) is 0 Å². The lowest BCUT2D eigenvalue weighted by Crippen LogP contribution is -2.02. The highest BCUT2D eigenvalue weighted by Gasteiger charge is 2.30. The Bertz CT molecular complexity index is 436. The van der Waals surface area contributed by atoms with Crippen LogP contribution in [0.15, 0.2) is 0 Å². The summed E-state index contributed by atoms with van der Waals surface area (Å²) in [5.41, 5.74) is -4.49. The van der Waals surface area contributed by atoms with Gasteiger partial charge < -0.3 is 4.18 Å². The lowest BCUT2D eigenvalue weighted by molar-refractivity contribution is -0.0400. The Hall–Kier alpha value is 0.770. The summed E-state index contributed by atoms with van der Waals surface area (Å²) in [6, 6.07) is 0. The molecule has 0 aliphatic carbocycles. The van der Waals surface area contributed by atoms with Crippen LogP contribution in [0.5, 0.6) is 0 Å². The van der Waals surface area contributed by atoms with Gasteiger partial charge >= 0.3 is 5.51 Å². The minimum Gasteiger partial charge on any atom is -0.303 e. The quantitative estimate of drug-likeness (QED) is 0.330. The topological polar surface area (TPSA) is 9.23 Å². The van der Waals surface area contributed by atoms with E-state index in [0.29, 0.717) is 0 Å². The number of alkyl halides is 3. The van der Waals surface area contributed by atoms with Crippen molar-refractivity contribution in [2.45, 2.75) is 12.1 Å². The van der Waals surface area contributed by atoms with Crippen LogP contribution in [0.2, 0.25) is 25.1 Å². The molecule has 0 heterocycles. The second-order valence-electron chi connectivity index (χ2n) is 2.84. The molecular formula is C8H2Cl5F3OS. The summed E-state index contributed by atoms with van der Waals surface area (Å²) >= 11 is 28.1. The molecule has 0 fully saturated rings. The maximum atomic E-state index is 11.9. The zero-order valence-electron chi connectivity index (χ0n) is 8.05. The van der Waals surface area contributed by atoms with Gasteiger partial charge in [0.15, 0.2) is 0 Å². The summed E-state index contributed by atoms with van der Waals surface area (Å²) in [5, 5.41) is -0.454. The summed E-state index contributed by atoms with van der Waals surface area (Å²) < 4.78 is 40.0. The molecule has 0 N–H and O–H groups in total. The van der Waals surface area contributed by atoms with Crippen LogP contribution >= 0.6 is 70.0 Å². The minimum absolute atomic E-state index is 0.0366. The van der Waals surface area contributed by atoms with Crippen LogP contribution in [0.4, 0.5) is 13.2 Å². The van der Waals surface area contributed by atoms with E-state index in [1.807, 2.05) is 0 Å². The molecule has 0 aromatic heterocycles. The van der Waals surface area contributed by atoms with Gasteiger partial charge in [-0.15, -0.1) is 0 Å². The van der Waals surface area contributed by atoms with Crippen molar-refractivity contribution in [1.29, 1.82) is 0 Å². The predicted octanol–water partition coefficient (Wildman–Crippen LogP) is 6.64. The number of rotatable bonds is 3. The van der Waals surface area contributed by atoms with Crippen molar-refractivity contribution in [1.82, 2.24) is 0 Å². The normalized spacial score (nSPS) is 12.0. The first-order valence-corrected chi connectivity index (χ1v) is 6.66. The first-order valence-electron chi connectivity index (χ1n) is 4.02. The molecule has 1 aromatic rings. The molecule has 0 radical (unpaired) electrons. The van der Waals surface area contributed by atoms with Crippen molar-refractivity contribution in [3.05, 3.63) is 30.7 Å². The van der Waals surface area contributed by atoms with Gasteiger partial charge in [0.1, 0.15) is 12.0 Å². The molecule has 10 heteroatoms. The van der Waals surface area contributed by atoms with Gasteiger partial charge in [-0.25, -0.2) is 0 Å². The highest BCUT2D eigenvalue weighted by atomic mass is 35.5. The van der Waals surface area contributed by atoms with Gasteiger partial charge in [-0.3, -0.25) is 0 Å². The molecule has 0 atom stereocenters. The largest absolute Gasteiger partial charge is 0.467 e. The molecule has 0 spiro atoms. The van der Waals surface area contributed by atoms with Crippen LogP contribution in [-0.4, -0.2) is 5.51 Å². The number of halogens is 8. The number of hydrogen-bond acceptors (Lipinski definition) is 2. The Morgan fingerprint density at radius 3 is 1.61 bits per heavy atom. The summed E-state index contributed by atoms with van der Waals surface area (Å²) in [6.45, 7) is -0.515. The lowest BCUT2D eigenvalue weighted by Gasteiger charge is -2.12. The zero-order chi connectivity index (χ0) is 14.1. The third kappa shape index (κ3) is 4.13. The van der Waals surface area contributed by atoms with Gasteiger partial charge in [0.05, 0.1) is 31.7 Å². The van der Waals surface area contributed by atoms with E-state index in [-0.39, 0.29) is 30.7 Å². The third-order valence-corrected chi connectivity index (χ3v) is 4.44. The molecule has 1 rings (SSSR count). The van der Waals surface area contributed by atoms with Gasteiger partial charge in [0.2, 0.25) is 0 Å². The van der Waals surface area contributed by atoms with E-state index >= 15 is 0 Å². The van der Waals surface area contributed by atoms with Gasteiger partial charge in [-0.2, -0.15) is 13.2 Å². The molecule has 0 aliphatic rings. The van der Waals surface area contributed by atoms with E-state index in [0.717, 1.165) is 0 Å². The monoisotopic (exact) mass is 378 g/mol. The minimum atomic E-state index is -4.53. The zero-order valence-corrected chi connectivity index (χ0v) is 12.6. The Morgan fingerprint density at radius 2 is 1.22 bits per heavy atom. The average Bonchev–Trinajstić information content (AvgIpc) is 2.27. The SMILES string of the molecule is FC(F)(F)SOCc1c(Cl)c(Cl)c(Cl)c(Cl)c1Cl. The molecule has 0 amide bonds. The molecule has 1 aromatic carbocycles. The molecular weight excluding hydrogens is 378 g/mol. The molecule has 1 nitrogen and oxygen atoms in total. The van der Waals surface area contributed by atoms with Crippen molar-refractivity contribution in [2.24, 2.45) is 0 Å². The summed E-state index contributed by atoms with van der Waals surface area (Å²) in [4.78, 5) is 0. The summed E-state index contributed by atoms with van der Waals surface area (Å²) in [6.07, 6.45) is 0. The fourth-order valence-corrected chi connectivity index (χ4v) is 2.53. The van der Waals surface area contributed by atoms with Crippen molar-refractivity contribution in [2.75, 3.05) is 0 Å². The van der Waals surface area contributed by atoms with E-state index in [2.05, 4.69) is 4.18 Å². The van der Waals surface area contributed by atoms with Gasteiger partial charge in [0.25, 0.3) is 0 Å². The Labute approximate surface area is 130 Å². The van der Waals surface area contributed by atoms with Crippen LogP contribution in [0.1, 0.15) is 5.56 Å². The van der Waals surface area contributed by atoms with Crippen LogP contribution in [0.25, 0.3) is 0 Å². The number of benzene rings is 1. The lowest BCUT2D eigenvalue weighted by atomic mass is 10.2. The third-order valence-electron chi connectivity index (χ3n) is 1.66. The van der Waals surface area contributed by atoms with Crippen molar-refractivity contribution >= 4 is 70.0 Å². The van der Waals surface area contributed by atoms with Gasteiger partial charge in [-0.1, -0.05) is 58.0 Å². The second kappa shape index (κ2) is 6.48.